The second-order valence-electron chi connectivity index (χ2n) is 3.91. The zero-order chi connectivity index (χ0) is 12.3. The van der Waals surface area contributed by atoms with Crippen LogP contribution in [0, 0.1) is 5.82 Å². The van der Waals surface area contributed by atoms with Gasteiger partial charge in [-0.2, -0.15) is 0 Å². The Labute approximate surface area is 97.6 Å². The number of anilines is 1. The summed E-state index contributed by atoms with van der Waals surface area (Å²) in [6, 6.07) is 0.987. The van der Waals surface area contributed by atoms with Gasteiger partial charge in [0.1, 0.15) is 17.2 Å². The molecule has 17 heavy (non-hydrogen) atoms. The Morgan fingerprint density at radius 2 is 2.47 bits per heavy atom. The van der Waals surface area contributed by atoms with Crippen LogP contribution in [0.4, 0.5) is 10.2 Å². The number of rotatable bonds is 3. The molecule has 1 unspecified atom stereocenters. The lowest BCUT2D eigenvalue weighted by Gasteiger charge is -2.24. The molecule has 0 saturated carbocycles. The van der Waals surface area contributed by atoms with E-state index in [2.05, 4.69) is 10.3 Å². The highest BCUT2D eigenvalue weighted by Gasteiger charge is 2.18. The molecule has 1 aliphatic rings. The molecule has 1 fully saturated rings. The van der Waals surface area contributed by atoms with E-state index in [1.165, 1.54) is 0 Å². The third-order valence-corrected chi connectivity index (χ3v) is 2.59. The van der Waals surface area contributed by atoms with Crippen molar-refractivity contribution in [2.75, 3.05) is 18.5 Å². The Bertz CT molecular complexity index is 419. The largest absolute Gasteiger partial charge is 0.478 e. The maximum Gasteiger partial charge on any atom is 0.339 e. The number of pyridine rings is 1. The molecule has 2 rings (SSSR count). The van der Waals surface area contributed by atoms with Crippen LogP contribution >= 0.6 is 0 Å². The predicted octanol–water partition coefficient (Wildman–Crippen LogP) is 1.51. The second-order valence-corrected chi connectivity index (χ2v) is 3.91. The lowest BCUT2D eigenvalue weighted by atomic mass is 10.1. The molecule has 1 aromatic heterocycles. The number of ether oxygens (including phenoxy) is 1. The van der Waals surface area contributed by atoms with E-state index < -0.39 is 11.8 Å². The predicted molar refractivity (Wildman–Crippen MR) is 58.6 cm³/mol. The second kappa shape index (κ2) is 5.09. The Morgan fingerprint density at radius 3 is 3.12 bits per heavy atom. The van der Waals surface area contributed by atoms with E-state index in [1.807, 2.05) is 0 Å². The van der Waals surface area contributed by atoms with Crippen LogP contribution in [-0.4, -0.2) is 35.3 Å². The van der Waals surface area contributed by atoms with Crippen molar-refractivity contribution in [1.82, 2.24) is 4.98 Å². The molecule has 92 valence electrons. The first kappa shape index (κ1) is 11.8. The van der Waals surface area contributed by atoms with Gasteiger partial charge in [-0.25, -0.2) is 14.2 Å². The lowest BCUT2D eigenvalue weighted by Crippen LogP contribution is -2.31. The van der Waals surface area contributed by atoms with Gasteiger partial charge in [0.2, 0.25) is 0 Å². The van der Waals surface area contributed by atoms with Crippen molar-refractivity contribution in [3.05, 3.63) is 23.6 Å². The van der Waals surface area contributed by atoms with Crippen LogP contribution in [0.25, 0.3) is 0 Å². The van der Waals surface area contributed by atoms with Crippen LogP contribution < -0.4 is 5.32 Å². The Morgan fingerprint density at radius 1 is 1.65 bits per heavy atom. The Kier molecular flexibility index (Phi) is 3.53. The van der Waals surface area contributed by atoms with Gasteiger partial charge in [0, 0.05) is 6.61 Å². The minimum Gasteiger partial charge on any atom is -0.478 e. The summed E-state index contributed by atoms with van der Waals surface area (Å²) in [4.78, 5) is 14.7. The molecular formula is C11H13FN2O3. The van der Waals surface area contributed by atoms with Gasteiger partial charge >= 0.3 is 5.97 Å². The number of carbonyl (C=O) groups is 1. The lowest BCUT2D eigenvalue weighted by molar-refractivity contribution is 0.0695. The topological polar surface area (TPSA) is 71.5 Å². The molecular weight excluding hydrogens is 227 g/mol. The van der Waals surface area contributed by atoms with Gasteiger partial charge in [0.05, 0.1) is 18.8 Å². The fourth-order valence-electron chi connectivity index (χ4n) is 1.77. The fraction of sp³-hybridized carbons (Fsp3) is 0.455. The van der Waals surface area contributed by atoms with Crippen LogP contribution in [0.3, 0.4) is 0 Å². The molecule has 6 heteroatoms. The van der Waals surface area contributed by atoms with Gasteiger partial charge in [-0.05, 0) is 18.9 Å². The number of nitrogens with one attached hydrogen (secondary N) is 1. The maximum atomic E-state index is 12.9. The van der Waals surface area contributed by atoms with E-state index in [1.54, 1.807) is 0 Å². The van der Waals surface area contributed by atoms with Crippen molar-refractivity contribution in [1.29, 1.82) is 0 Å². The van der Waals surface area contributed by atoms with Crippen molar-refractivity contribution in [2.24, 2.45) is 0 Å². The van der Waals surface area contributed by atoms with Gasteiger partial charge in [0.25, 0.3) is 0 Å². The van der Waals surface area contributed by atoms with Crippen molar-refractivity contribution in [3.8, 4) is 0 Å². The highest BCUT2D eigenvalue weighted by molar-refractivity contribution is 5.93. The first-order chi connectivity index (χ1) is 8.16. The number of hydrogen-bond acceptors (Lipinski definition) is 4. The summed E-state index contributed by atoms with van der Waals surface area (Å²) < 4.78 is 18.2. The normalized spacial score (nSPS) is 19.9. The average Bonchev–Trinajstić information content (AvgIpc) is 2.32. The number of nitrogens with zero attached hydrogens (tertiary/aromatic N) is 1. The summed E-state index contributed by atoms with van der Waals surface area (Å²) in [6.07, 6.45) is 2.80. The summed E-state index contributed by atoms with van der Waals surface area (Å²) in [6.45, 7) is 1.24. The SMILES string of the molecule is O=C(O)c1cc(F)cnc1NC1CCCOC1. The third kappa shape index (κ3) is 2.91. The van der Waals surface area contributed by atoms with Crippen LogP contribution in [0.15, 0.2) is 12.3 Å². The molecule has 0 aromatic carbocycles. The molecule has 0 spiro atoms. The number of aromatic nitrogens is 1. The number of carboxylic acid groups (broad SMARTS) is 1. The van der Waals surface area contributed by atoms with Crippen LogP contribution in [-0.2, 0) is 4.74 Å². The minimum atomic E-state index is -1.20. The summed E-state index contributed by atoms with van der Waals surface area (Å²) in [5.74, 6) is -1.67. The van der Waals surface area contributed by atoms with Crippen molar-refractivity contribution in [3.63, 3.8) is 0 Å². The maximum absolute atomic E-state index is 12.9. The number of hydrogen-bond donors (Lipinski definition) is 2. The third-order valence-electron chi connectivity index (χ3n) is 2.59. The molecule has 1 saturated heterocycles. The monoisotopic (exact) mass is 240 g/mol. The van der Waals surface area contributed by atoms with Gasteiger partial charge in [-0.15, -0.1) is 0 Å². The summed E-state index contributed by atoms with van der Waals surface area (Å²) in [5, 5.41) is 11.9. The number of halogens is 1. The summed E-state index contributed by atoms with van der Waals surface area (Å²) in [5.41, 5.74) is -0.157. The average molecular weight is 240 g/mol. The molecule has 0 amide bonds. The van der Waals surface area contributed by atoms with E-state index in [-0.39, 0.29) is 17.4 Å². The molecule has 2 N–H and O–H groups in total. The van der Waals surface area contributed by atoms with E-state index in [9.17, 15) is 9.18 Å². The van der Waals surface area contributed by atoms with Gasteiger partial charge in [0.15, 0.2) is 0 Å². The Balaban J connectivity index is 2.16. The van der Waals surface area contributed by atoms with E-state index in [4.69, 9.17) is 9.84 Å². The first-order valence-corrected chi connectivity index (χ1v) is 5.40. The van der Waals surface area contributed by atoms with Crippen LogP contribution in [0.1, 0.15) is 23.2 Å². The zero-order valence-electron chi connectivity index (χ0n) is 9.15. The molecule has 1 atom stereocenters. The molecule has 2 heterocycles. The van der Waals surface area contributed by atoms with Crippen LogP contribution in [0.2, 0.25) is 0 Å². The summed E-state index contributed by atoms with van der Waals surface area (Å²) in [7, 11) is 0. The highest BCUT2D eigenvalue weighted by atomic mass is 19.1. The Hall–Kier alpha value is -1.69. The van der Waals surface area contributed by atoms with E-state index in [0.29, 0.717) is 6.61 Å². The van der Waals surface area contributed by atoms with Crippen molar-refractivity contribution >= 4 is 11.8 Å². The molecule has 1 aliphatic heterocycles. The van der Waals surface area contributed by atoms with E-state index >= 15 is 0 Å². The van der Waals surface area contributed by atoms with Gasteiger partial charge in [-0.1, -0.05) is 0 Å². The molecule has 5 nitrogen and oxygen atoms in total. The summed E-state index contributed by atoms with van der Waals surface area (Å²) >= 11 is 0. The fourth-order valence-corrected chi connectivity index (χ4v) is 1.77. The van der Waals surface area contributed by atoms with Crippen molar-refractivity contribution in [2.45, 2.75) is 18.9 Å². The molecule has 0 radical (unpaired) electrons. The van der Waals surface area contributed by atoms with Crippen LogP contribution in [0.5, 0.6) is 0 Å². The molecule has 0 bridgehead atoms. The first-order valence-electron chi connectivity index (χ1n) is 5.40. The quantitative estimate of drug-likeness (QED) is 0.837. The molecule has 0 aliphatic carbocycles. The molecule has 1 aromatic rings. The smallest absolute Gasteiger partial charge is 0.339 e. The van der Waals surface area contributed by atoms with Crippen molar-refractivity contribution < 1.29 is 19.0 Å². The number of aromatic carboxylic acids is 1. The highest BCUT2D eigenvalue weighted by Crippen LogP contribution is 2.17. The minimum absolute atomic E-state index is 0.0276. The van der Waals surface area contributed by atoms with Gasteiger partial charge in [-0.3, -0.25) is 0 Å². The standard InChI is InChI=1S/C11H13FN2O3/c12-7-4-9(11(15)16)10(13-5-7)14-8-2-1-3-17-6-8/h4-5,8H,1-3,6H2,(H,13,14)(H,15,16). The number of carboxylic acids is 1. The van der Waals surface area contributed by atoms with E-state index in [0.717, 1.165) is 31.7 Å². The van der Waals surface area contributed by atoms with Gasteiger partial charge < -0.3 is 15.2 Å². The zero-order valence-corrected chi connectivity index (χ0v) is 9.15.